The lowest BCUT2D eigenvalue weighted by Gasteiger charge is -2.32. The molecule has 1 rings (SSSR count). The predicted molar refractivity (Wildman–Crippen MR) is 58.4 cm³/mol. The molecule has 1 saturated heterocycles. The highest BCUT2D eigenvalue weighted by molar-refractivity contribution is 4.88. The minimum absolute atomic E-state index is 0.00895. The lowest BCUT2D eigenvalue weighted by atomic mass is 10.0. The monoisotopic (exact) mass is 220 g/mol. The van der Waals surface area contributed by atoms with E-state index >= 15 is 0 Å². The Bertz CT molecular complexity index is 211. The zero-order valence-electron chi connectivity index (χ0n) is 10.1. The highest BCUT2D eigenvalue weighted by Crippen LogP contribution is 2.26. The molecule has 1 unspecified atom stereocenters. The van der Waals surface area contributed by atoms with Crippen molar-refractivity contribution < 1.29 is 8.78 Å². The van der Waals surface area contributed by atoms with Gasteiger partial charge < -0.3 is 10.2 Å². The first kappa shape index (κ1) is 12.8. The number of rotatable bonds is 3. The van der Waals surface area contributed by atoms with Gasteiger partial charge in [-0.05, 0) is 40.8 Å². The Hall–Kier alpha value is -0.220. The molecular formula is C11H22F2N2. The van der Waals surface area contributed by atoms with E-state index in [-0.39, 0.29) is 24.5 Å². The Kier molecular flexibility index (Phi) is 3.71. The van der Waals surface area contributed by atoms with Crippen molar-refractivity contribution in [3.8, 4) is 0 Å². The van der Waals surface area contributed by atoms with E-state index in [9.17, 15) is 8.78 Å². The molecule has 2 nitrogen and oxygen atoms in total. The van der Waals surface area contributed by atoms with Crippen LogP contribution in [0.15, 0.2) is 0 Å². The summed E-state index contributed by atoms with van der Waals surface area (Å²) in [6.07, 6.45) is 0.786. The van der Waals surface area contributed by atoms with Crippen LogP contribution in [0.25, 0.3) is 0 Å². The number of hydrogen-bond acceptors (Lipinski definition) is 2. The summed E-state index contributed by atoms with van der Waals surface area (Å²) in [4.78, 5) is 2.20. The molecule has 0 amide bonds. The van der Waals surface area contributed by atoms with Gasteiger partial charge in [0.05, 0.1) is 6.54 Å². The second kappa shape index (κ2) is 4.34. The van der Waals surface area contributed by atoms with Gasteiger partial charge in [-0.1, -0.05) is 0 Å². The fourth-order valence-electron chi connectivity index (χ4n) is 1.69. The van der Waals surface area contributed by atoms with Crippen LogP contribution in [0.4, 0.5) is 8.78 Å². The molecule has 4 heteroatoms. The molecule has 1 aliphatic rings. The normalized spacial score (nSPS) is 26.2. The quantitative estimate of drug-likeness (QED) is 0.783. The second-order valence-corrected chi connectivity index (χ2v) is 5.52. The Labute approximate surface area is 91.0 Å². The molecule has 1 aliphatic heterocycles. The summed E-state index contributed by atoms with van der Waals surface area (Å²) in [6, 6.07) is -0.0233. The summed E-state index contributed by atoms with van der Waals surface area (Å²) in [5.74, 6) is -2.50. The molecule has 0 aliphatic carbocycles. The zero-order chi connectivity index (χ0) is 11.7. The van der Waals surface area contributed by atoms with Crippen LogP contribution in [-0.2, 0) is 0 Å². The lowest BCUT2D eigenvalue weighted by Crippen LogP contribution is -2.40. The topological polar surface area (TPSA) is 15.3 Å². The van der Waals surface area contributed by atoms with Gasteiger partial charge in [0.1, 0.15) is 0 Å². The van der Waals surface area contributed by atoms with Crippen LogP contribution in [0, 0.1) is 0 Å². The van der Waals surface area contributed by atoms with Crippen LogP contribution in [0.5, 0.6) is 0 Å². The van der Waals surface area contributed by atoms with Crippen molar-refractivity contribution in [2.75, 3.05) is 20.1 Å². The summed E-state index contributed by atoms with van der Waals surface area (Å²) in [7, 11) is 2.03. The van der Waals surface area contributed by atoms with Gasteiger partial charge in [0, 0.05) is 18.0 Å². The second-order valence-electron chi connectivity index (χ2n) is 5.52. The van der Waals surface area contributed by atoms with Gasteiger partial charge >= 0.3 is 0 Å². The minimum Gasteiger partial charge on any atom is -0.308 e. The average molecular weight is 220 g/mol. The summed E-state index contributed by atoms with van der Waals surface area (Å²) in [5, 5.41) is 2.88. The Morgan fingerprint density at radius 2 is 2.00 bits per heavy atom. The van der Waals surface area contributed by atoms with Gasteiger partial charge in [0.15, 0.2) is 0 Å². The fourth-order valence-corrected chi connectivity index (χ4v) is 1.69. The molecule has 0 saturated carbocycles. The lowest BCUT2D eigenvalue weighted by molar-refractivity contribution is 0.0204. The average Bonchev–Trinajstić information content (AvgIpc) is 2.39. The van der Waals surface area contributed by atoms with Crippen molar-refractivity contribution in [1.82, 2.24) is 10.2 Å². The van der Waals surface area contributed by atoms with E-state index in [1.54, 1.807) is 0 Å². The Morgan fingerprint density at radius 3 is 2.40 bits per heavy atom. The number of nitrogens with zero attached hydrogens (tertiary/aromatic N) is 1. The SMILES string of the molecule is CN(CCC1CC(F)(F)CN1)C(C)(C)C. The third kappa shape index (κ3) is 4.03. The van der Waals surface area contributed by atoms with Crippen LogP contribution in [0.2, 0.25) is 0 Å². The predicted octanol–water partition coefficient (Wildman–Crippen LogP) is 2.10. The van der Waals surface area contributed by atoms with Crippen molar-refractivity contribution in [3.05, 3.63) is 0 Å². The van der Waals surface area contributed by atoms with E-state index < -0.39 is 5.92 Å². The molecule has 1 N–H and O–H groups in total. The van der Waals surface area contributed by atoms with Crippen molar-refractivity contribution in [2.45, 2.75) is 51.1 Å². The van der Waals surface area contributed by atoms with Crippen LogP contribution >= 0.6 is 0 Å². The van der Waals surface area contributed by atoms with Gasteiger partial charge in [-0.3, -0.25) is 0 Å². The van der Waals surface area contributed by atoms with Crippen molar-refractivity contribution in [1.29, 1.82) is 0 Å². The Morgan fingerprint density at radius 1 is 1.40 bits per heavy atom. The molecule has 0 bridgehead atoms. The summed E-state index contributed by atoms with van der Waals surface area (Å²) >= 11 is 0. The molecular weight excluding hydrogens is 198 g/mol. The van der Waals surface area contributed by atoms with Gasteiger partial charge in [0.2, 0.25) is 0 Å². The highest BCUT2D eigenvalue weighted by Gasteiger charge is 2.38. The van der Waals surface area contributed by atoms with Crippen molar-refractivity contribution in [3.63, 3.8) is 0 Å². The molecule has 1 atom stereocenters. The molecule has 0 spiro atoms. The number of nitrogens with one attached hydrogen (secondary N) is 1. The largest absolute Gasteiger partial charge is 0.308 e. The van der Waals surface area contributed by atoms with E-state index in [0.29, 0.717) is 0 Å². The molecule has 0 aromatic rings. The summed E-state index contributed by atoms with van der Waals surface area (Å²) in [5.41, 5.74) is 0.112. The van der Waals surface area contributed by atoms with Crippen LogP contribution in [0.3, 0.4) is 0 Å². The highest BCUT2D eigenvalue weighted by atomic mass is 19.3. The van der Waals surface area contributed by atoms with Crippen molar-refractivity contribution >= 4 is 0 Å². The summed E-state index contributed by atoms with van der Waals surface area (Å²) in [6.45, 7) is 7.09. The maximum atomic E-state index is 12.9. The fraction of sp³-hybridized carbons (Fsp3) is 1.00. The van der Waals surface area contributed by atoms with E-state index in [4.69, 9.17) is 0 Å². The van der Waals surface area contributed by atoms with E-state index in [1.165, 1.54) is 0 Å². The first-order valence-corrected chi connectivity index (χ1v) is 5.53. The van der Waals surface area contributed by atoms with Crippen LogP contribution in [0.1, 0.15) is 33.6 Å². The van der Waals surface area contributed by atoms with E-state index in [1.807, 2.05) is 7.05 Å². The number of hydrogen-bond donors (Lipinski definition) is 1. The molecule has 1 heterocycles. The van der Waals surface area contributed by atoms with Crippen molar-refractivity contribution in [2.24, 2.45) is 0 Å². The first-order valence-electron chi connectivity index (χ1n) is 5.53. The number of halogens is 2. The van der Waals surface area contributed by atoms with Gasteiger partial charge in [-0.2, -0.15) is 0 Å². The van der Waals surface area contributed by atoms with Crippen LogP contribution in [-0.4, -0.2) is 42.5 Å². The molecule has 0 aromatic carbocycles. The third-order valence-electron chi connectivity index (χ3n) is 3.15. The van der Waals surface area contributed by atoms with Crippen LogP contribution < -0.4 is 5.32 Å². The Balaban J connectivity index is 2.27. The van der Waals surface area contributed by atoms with Gasteiger partial charge in [0.25, 0.3) is 5.92 Å². The molecule has 90 valence electrons. The molecule has 0 aromatic heterocycles. The minimum atomic E-state index is -2.50. The first-order chi connectivity index (χ1) is 6.71. The maximum Gasteiger partial charge on any atom is 0.261 e. The zero-order valence-corrected chi connectivity index (χ0v) is 10.1. The van der Waals surface area contributed by atoms with E-state index in [2.05, 4.69) is 31.0 Å². The third-order valence-corrected chi connectivity index (χ3v) is 3.15. The number of alkyl halides is 2. The molecule has 15 heavy (non-hydrogen) atoms. The van der Waals surface area contributed by atoms with Gasteiger partial charge in [-0.15, -0.1) is 0 Å². The smallest absolute Gasteiger partial charge is 0.261 e. The molecule has 1 fully saturated rings. The standard InChI is InChI=1S/C11H22F2N2/c1-10(2,3)15(4)6-5-9-7-11(12,13)8-14-9/h9,14H,5-8H2,1-4H3. The maximum absolute atomic E-state index is 12.9. The summed E-state index contributed by atoms with van der Waals surface area (Å²) < 4.78 is 25.8. The van der Waals surface area contributed by atoms with Gasteiger partial charge in [-0.25, -0.2) is 8.78 Å². The molecule has 0 radical (unpaired) electrons. The van der Waals surface area contributed by atoms with E-state index in [0.717, 1.165) is 13.0 Å².